The second kappa shape index (κ2) is 9.91. The van der Waals surface area contributed by atoms with E-state index in [1.54, 1.807) is 24.3 Å². The van der Waals surface area contributed by atoms with E-state index in [1.807, 2.05) is 6.92 Å². The van der Waals surface area contributed by atoms with Crippen molar-refractivity contribution in [2.45, 2.75) is 6.92 Å². The maximum atomic E-state index is 12.3. The number of allylic oxidation sites excluding steroid dienone is 1. The van der Waals surface area contributed by atoms with Crippen LogP contribution in [0.2, 0.25) is 0 Å². The molecule has 0 saturated heterocycles. The molecule has 0 amide bonds. The lowest BCUT2D eigenvalue weighted by Gasteiger charge is -2.09. The van der Waals surface area contributed by atoms with E-state index in [9.17, 15) is 14.4 Å². The van der Waals surface area contributed by atoms with Crippen molar-refractivity contribution < 1.29 is 28.6 Å². The Labute approximate surface area is 162 Å². The maximum absolute atomic E-state index is 12.3. The van der Waals surface area contributed by atoms with Gasteiger partial charge in [0.2, 0.25) is 0 Å². The number of carbonyl (C=O) groups excluding carboxylic acids is 3. The Morgan fingerprint density at radius 1 is 0.929 bits per heavy atom. The minimum Gasteiger partial charge on any atom is -0.494 e. The summed E-state index contributed by atoms with van der Waals surface area (Å²) in [6, 6.07) is 11.1. The summed E-state index contributed by atoms with van der Waals surface area (Å²) in [4.78, 5) is 35.9. The van der Waals surface area contributed by atoms with Crippen LogP contribution in [0.1, 0.15) is 38.0 Å². The summed E-state index contributed by atoms with van der Waals surface area (Å²) in [5, 5.41) is 2.85. The molecule has 7 heteroatoms. The average Bonchev–Trinajstić information content (AvgIpc) is 2.73. The molecule has 0 unspecified atom stereocenters. The number of carbonyl (C=O) groups is 3. The Balaban J connectivity index is 2.17. The monoisotopic (exact) mass is 383 g/mol. The van der Waals surface area contributed by atoms with Crippen LogP contribution in [-0.4, -0.2) is 38.5 Å². The van der Waals surface area contributed by atoms with Gasteiger partial charge in [-0.25, -0.2) is 9.59 Å². The molecule has 28 heavy (non-hydrogen) atoms. The molecule has 0 aliphatic rings. The highest BCUT2D eigenvalue weighted by atomic mass is 16.5. The molecule has 0 radical (unpaired) electrons. The van der Waals surface area contributed by atoms with E-state index >= 15 is 0 Å². The van der Waals surface area contributed by atoms with Gasteiger partial charge in [-0.3, -0.25) is 4.79 Å². The predicted octanol–water partition coefficient (Wildman–Crippen LogP) is 3.47. The SMILES string of the molecule is CCOc1ccc(C(=O)/C=C/Nc2cc(C(=O)OC)ccc2C(=O)OC)cc1. The quantitative estimate of drug-likeness (QED) is 0.424. The van der Waals surface area contributed by atoms with Gasteiger partial charge >= 0.3 is 11.9 Å². The molecule has 0 aliphatic heterocycles. The van der Waals surface area contributed by atoms with Crippen LogP contribution in [0, 0.1) is 0 Å². The molecule has 2 aromatic rings. The van der Waals surface area contributed by atoms with Crippen molar-refractivity contribution >= 4 is 23.4 Å². The highest BCUT2D eigenvalue weighted by Gasteiger charge is 2.15. The Hall–Kier alpha value is -3.61. The van der Waals surface area contributed by atoms with Crippen LogP contribution >= 0.6 is 0 Å². The second-order valence-electron chi connectivity index (χ2n) is 5.54. The van der Waals surface area contributed by atoms with Gasteiger partial charge in [-0.1, -0.05) is 0 Å². The molecule has 0 spiro atoms. The first-order valence-electron chi connectivity index (χ1n) is 8.51. The molecule has 0 fully saturated rings. The lowest BCUT2D eigenvalue weighted by atomic mass is 10.1. The molecular formula is C21H21NO6. The first kappa shape index (κ1) is 20.7. The summed E-state index contributed by atoms with van der Waals surface area (Å²) >= 11 is 0. The molecule has 1 N–H and O–H groups in total. The summed E-state index contributed by atoms with van der Waals surface area (Å²) in [5.41, 5.74) is 1.26. The largest absolute Gasteiger partial charge is 0.494 e. The van der Waals surface area contributed by atoms with Gasteiger partial charge < -0.3 is 19.5 Å². The van der Waals surface area contributed by atoms with E-state index in [0.29, 0.717) is 23.6 Å². The van der Waals surface area contributed by atoms with Gasteiger partial charge in [-0.15, -0.1) is 0 Å². The van der Waals surface area contributed by atoms with E-state index in [0.717, 1.165) is 0 Å². The highest BCUT2D eigenvalue weighted by molar-refractivity contribution is 6.05. The first-order valence-corrected chi connectivity index (χ1v) is 8.51. The van der Waals surface area contributed by atoms with Gasteiger partial charge in [0.25, 0.3) is 0 Å². The molecule has 2 rings (SSSR count). The van der Waals surface area contributed by atoms with Crippen molar-refractivity contribution in [3.8, 4) is 5.75 Å². The fourth-order valence-electron chi connectivity index (χ4n) is 2.38. The average molecular weight is 383 g/mol. The molecule has 7 nitrogen and oxygen atoms in total. The normalized spacial score (nSPS) is 10.4. The van der Waals surface area contributed by atoms with Crippen molar-refractivity contribution in [2.24, 2.45) is 0 Å². The zero-order valence-electron chi connectivity index (χ0n) is 15.9. The fraction of sp³-hybridized carbons (Fsp3) is 0.190. The summed E-state index contributed by atoms with van der Waals surface area (Å²) < 4.78 is 14.8. The van der Waals surface area contributed by atoms with Gasteiger partial charge in [0.15, 0.2) is 5.78 Å². The van der Waals surface area contributed by atoms with Crippen molar-refractivity contribution in [3.05, 3.63) is 71.4 Å². The van der Waals surface area contributed by atoms with Crippen molar-refractivity contribution in [3.63, 3.8) is 0 Å². The number of ether oxygens (including phenoxy) is 3. The van der Waals surface area contributed by atoms with E-state index in [1.165, 1.54) is 44.7 Å². The van der Waals surface area contributed by atoms with Crippen LogP contribution in [0.5, 0.6) is 5.75 Å². The number of benzene rings is 2. The predicted molar refractivity (Wildman–Crippen MR) is 104 cm³/mol. The number of rotatable bonds is 8. The number of anilines is 1. The lowest BCUT2D eigenvalue weighted by molar-refractivity contribution is 0.0587. The Kier molecular flexibility index (Phi) is 7.33. The maximum Gasteiger partial charge on any atom is 0.339 e. The van der Waals surface area contributed by atoms with Gasteiger partial charge in [0, 0.05) is 17.8 Å². The number of hydrogen-bond donors (Lipinski definition) is 1. The van der Waals surface area contributed by atoms with Crippen LogP contribution in [0.3, 0.4) is 0 Å². The highest BCUT2D eigenvalue weighted by Crippen LogP contribution is 2.20. The third-order valence-corrected chi connectivity index (χ3v) is 3.77. The molecule has 0 aromatic heterocycles. The van der Waals surface area contributed by atoms with E-state index in [2.05, 4.69) is 10.1 Å². The second-order valence-corrected chi connectivity index (χ2v) is 5.54. The molecule has 0 bridgehead atoms. The number of ketones is 1. The van der Waals surface area contributed by atoms with Crippen LogP contribution in [0.4, 0.5) is 5.69 Å². The van der Waals surface area contributed by atoms with E-state index in [4.69, 9.17) is 9.47 Å². The van der Waals surface area contributed by atoms with Crippen LogP contribution in [0.15, 0.2) is 54.7 Å². The molecule has 0 atom stereocenters. The van der Waals surface area contributed by atoms with Gasteiger partial charge in [0.1, 0.15) is 5.75 Å². The summed E-state index contributed by atoms with van der Waals surface area (Å²) in [6.07, 6.45) is 2.71. The minimum atomic E-state index is -0.579. The molecule has 0 aliphatic carbocycles. The summed E-state index contributed by atoms with van der Waals surface area (Å²) in [5.74, 6) is -0.679. The standard InChI is InChI=1S/C21H21NO6/c1-4-28-16-8-5-14(6-9-16)19(23)11-12-22-18-13-15(20(24)26-2)7-10-17(18)21(25)27-3/h5-13,22H,4H2,1-3H3/b12-11+. The van der Waals surface area contributed by atoms with Gasteiger partial charge in [-0.05, 0) is 49.4 Å². The lowest BCUT2D eigenvalue weighted by Crippen LogP contribution is -2.08. The number of hydrogen-bond acceptors (Lipinski definition) is 7. The minimum absolute atomic E-state index is 0.216. The fourth-order valence-corrected chi connectivity index (χ4v) is 2.38. The molecule has 0 saturated carbocycles. The van der Waals surface area contributed by atoms with E-state index < -0.39 is 11.9 Å². The number of esters is 2. The zero-order chi connectivity index (χ0) is 20.5. The molecule has 146 valence electrons. The molecule has 2 aromatic carbocycles. The van der Waals surface area contributed by atoms with Crippen molar-refractivity contribution in [2.75, 3.05) is 26.1 Å². The Morgan fingerprint density at radius 2 is 1.57 bits per heavy atom. The van der Waals surface area contributed by atoms with Crippen molar-refractivity contribution in [1.82, 2.24) is 0 Å². The van der Waals surface area contributed by atoms with Gasteiger partial charge in [-0.2, -0.15) is 0 Å². The Morgan fingerprint density at radius 3 is 2.18 bits per heavy atom. The van der Waals surface area contributed by atoms with E-state index in [-0.39, 0.29) is 16.9 Å². The third kappa shape index (κ3) is 5.20. The zero-order valence-corrected chi connectivity index (χ0v) is 15.9. The number of methoxy groups -OCH3 is 2. The summed E-state index contributed by atoms with van der Waals surface area (Å²) in [7, 11) is 2.52. The van der Waals surface area contributed by atoms with Gasteiger partial charge in [0.05, 0.1) is 37.6 Å². The molecular weight excluding hydrogens is 362 g/mol. The third-order valence-electron chi connectivity index (χ3n) is 3.77. The topological polar surface area (TPSA) is 90.9 Å². The molecule has 0 heterocycles. The summed E-state index contributed by atoms with van der Waals surface area (Å²) in [6.45, 7) is 2.43. The Bertz CT molecular complexity index is 886. The number of nitrogens with one attached hydrogen (secondary N) is 1. The van der Waals surface area contributed by atoms with Crippen LogP contribution < -0.4 is 10.1 Å². The van der Waals surface area contributed by atoms with Crippen molar-refractivity contribution in [1.29, 1.82) is 0 Å². The smallest absolute Gasteiger partial charge is 0.339 e. The van der Waals surface area contributed by atoms with Crippen LogP contribution in [0.25, 0.3) is 0 Å². The first-order chi connectivity index (χ1) is 13.5. The van der Waals surface area contributed by atoms with Crippen LogP contribution in [-0.2, 0) is 9.47 Å².